The van der Waals surface area contributed by atoms with Gasteiger partial charge in [-0.2, -0.15) is 11.8 Å². The van der Waals surface area contributed by atoms with Crippen LogP contribution in [-0.4, -0.2) is 17.4 Å². The van der Waals surface area contributed by atoms with Crippen molar-refractivity contribution in [3.8, 4) is 0 Å². The summed E-state index contributed by atoms with van der Waals surface area (Å²) in [5.74, 6) is 2.18. The summed E-state index contributed by atoms with van der Waals surface area (Å²) < 4.78 is 0. The first-order chi connectivity index (χ1) is 7.20. The maximum absolute atomic E-state index is 10.5. The van der Waals surface area contributed by atoms with Crippen LogP contribution in [0.1, 0.15) is 24.8 Å². The number of nitrogens with two attached hydrogens (primary N) is 1. The van der Waals surface area contributed by atoms with Gasteiger partial charge in [0.2, 0.25) is 5.91 Å². The summed E-state index contributed by atoms with van der Waals surface area (Å²) in [6, 6.07) is 10.4. The fourth-order valence-corrected chi connectivity index (χ4v) is 2.37. The van der Waals surface area contributed by atoms with E-state index in [1.54, 1.807) is 11.8 Å². The monoisotopic (exact) mass is 223 g/mol. The maximum atomic E-state index is 10.5. The van der Waals surface area contributed by atoms with Crippen LogP contribution in [0, 0.1) is 0 Å². The molecule has 2 nitrogen and oxygen atoms in total. The van der Waals surface area contributed by atoms with Crippen LogP contribution >= 0.6 is 11.8 Å². The minimum atomic E-state index is -0.213. The predicted octanol–water partition coefficient (Wildman–Crippen LogP) is 2.40. The minimum absolute atomic E-state index is 0.213. The van der Waals surface area contributed by atoms with Crippen molar-refractivity contribution in [3.63, 3.8) is 0 Å². The first kappa shape index (κ1) is 12.1. The van der Waals surface area contributed by atoms with Gasteiger partial charge in [0.05, 0.1) is 0 Å². The summed E-state index contributed by atoms with van der Waals surface area (Å²) in [6.45, 7) is 2.20. The number of thioether (sulfide) groups is 1. The van der Waals surface area contributed by atoms with Gasteiger partial charge in [-0.25, -0.2) is 0 Å². The van der Waals surface area contributed by atoms with Crippen LogP contribution in [-0.2, 0) is 4.79 Å². The van der Waals surface area contributed by atoms with Gasteiger partial charge in [-0.15, -0.1) is 0 Å². The number of carbonyl (C=O) groups excluding carboxylic acids is 1. The highest BCUT2D eigenvalue weighted by atomic mass is 32.2. The lowest BCUT2D eigenvalue weighted by Gasteiger charge is -2.10. The van der Waals surface area contributed by atoms with E-state index in [1.165, 1.54) is 5.56 Å². The zero-order valence-corrected chi connectivity index (χ0v) is 9.80. The molecule has 82 valence electrons. The van der Waals surface area contributed by atoms with Gasteiger partial charge in [0.15, 0.2) is 0 Å². The van der Waals surface area contributed by atoms with Crippen molar-refractivity contribution in [3.05, 3.63) is 35.9 Å². The minimum Gasteiger partial charge on any atom is -0.370 e. The molecule has 1 aromatic rings. The second kappa shape index (κ2) is 6.51. The number of hydrogen-bond acceptors (Lipinski definition) is 2. The van der Waals surface area contributed by atoms with Crippen molar-refractivity contribution < 1.29 is 4.79 Å². The average molecular weight is 223 g/mol. The summed E-state index contributed by atoms with van der Waals surface area (Å²) in [6.07, 6.45) is 0.478. The fourth-order valence-electron chi connectivity index (χ4n) is 1.31. The SMILES string of the molecule is CC(CSCCC(N)=O)c1ccccc1. The van der Waals surface area contributed by atoms with Gasteiger partial charge in [0.1, 0.15) is 0 Å². The van der Waals surface area contributed by atoms with E-state index in [2.05, 4.69) is 31.2 Å². The summed E-state index contributed by atoms with van der Waals surface area (Å²) >= 11 is 1.78. The molecule has 1 unspecified atom stereocenters. The van der Waals surface area contributed by atoms with Crippen LogP contribution in [0.3, 0.4) is 0 Å². The Hall–Kier alpha value is -0.960. The standard InChI is InChI=1S/C12H17NOS/c1-10(9-15-8-7-12(13)14)11-5-3-2-4-6-11/h2-6,10H,7-9H2,1H3,(H2,13,14). The first-order valence-corrected chi connectivity index (χ1v) is 6.26. The molecule has 15 heavy (non-hydrogen) atoms. The second-order valence-electron chi connectivity index (χ2n) is 3.60. The third kappa shape index (κ3) is 4.88. The molecule has 2 N–H and O–H groups in total. The largest absolute Gasteiger partial charge is 0.370 e. The normalized spacial score (nSPS) is 12.3. The zero-order valence-electron chi connectivity index (χ0n) is 8.98. The predicted molar refractivity (Wildman–Crippen MR) is 66.0 cm³/mol. The Morgan fingerprint density at radius 1 is 1.40 bits per heavy atom. The molecule has 0 saturated heterocycles. The third-order valence-corrected chi connectivity index (χ3v) is 3.46. The van der Waals surface area contributed by atoms with Crippen LogP contribution < -0.4 is 5.73 Å². The molecule has 0 bridgehead atoms. The van der Waals surface area contributed by atoms with Crippen molar-refractivity contribution in [1.82, 2.24) is 0 Å². The number of carbonyl (C=O) groups is 1. The molecule has 3 heteroatoms. The summed E-state index contributed by atoms with van der Waals surface area (Å²) in [4.78, 5) is 10.5. The highest BCUT2D eigenvalue weighted by Gasteiger charge is 2.04. The number of amides is 1. The van der Waals surface area contributed by atoms with Crippen molar-refractivity contribution in [2.75, 3.05) is 11.5 Å². The molecule has 0 aromatic heterocycles. The Kier molecular flexibility index (Phi) is 5.26. The topological polar surface area (TPSA) is 43.1 Å². The Labute approximate surface area is 95.2 Å². The van der Waals surface area contributed by atoms with E-state index in [9.17, 15) is 4.79 Å². The summed E-state index contributed by atoms with van der Waals surface area (Å²) in [5, 5.41) is 0. The summed E-state index contributed by atoms with van der Waals surface area (Å²) in [5.41, 5.74) is 6.42. The van der Waals surface area contributed by atoms with E-state index in [0.717, 1.165) is 11.5 Å². The Morgan fingerprint density at radius 2 is 2.07 bits per heavy atom. The molecular weight excluding hydrogens is 206 g/mol. The van der Waals surface area contributed by atoms with Gasteiger partial charge < -0.3 is 5.73 Å². The lowest BCUT2D eigenvalue weighted by atomic mass is 10.0. The average Bonchev–Trinajstić information content (AvgIpc) is 2.25. The van der Waals surface area contributed by atoms with Crippen LogP contribution in [0.2, 0.25) is 0 Å². The lowest BCUT2D eigenvalue weighted by molar-refractivity contribution is -0.117. The lowest BCUT2D eigenvalue weighted by Crippen LogP contribution is -2.11. The van der Waals surface area contributed by atoms with Crippen molar-refractivity contribution >= 4 is 17.7 Å². The van der Waals surface area contributed by atoms with Crippen molar-refractivity contribution in [2.24, 2.45) is 5.73 Å². The highest BCUT2D eigenvalue weighted by molar-refractivity contribution is 7.99. The molecule has 0 fully saturated rings. The maximum Gasteiger partial charge on any atom is 0.218 e. The van der Waals surface area contributed by atoms with Crippen LogP contribution in [0.25, 0.3) is 0 Å². The molecule has 0 saturated carbocycles. The van der Waals surface area contributed by atoms with Crippen molar-refractivity contribution in [1.29, 1.82) is 0 Å². The summed E-state index contributed by atoms with van der Waals surface area (Å²) in [7, 11) is 0. The molecule has 0 aliphatic carbocycles. The van der Waals surface area contributed by atoms with E-state index in [-0.39, 0.29) is 5.91 Å². The molecule has 0 aliphatic rings. The molecule has 0 radical (unpaired) electrons. The molecule has 0 spiro atoms. The molecule has 1 atom stereocenters. The molecule has 0 aliphatic heterocycles. The van der Waals surface area contributed by atoms with Gasteiger partial charge in [-0.3, -0.25) is 4.79 Å². The second-order valence-corrected chi connectivity index (χ2v) is 4.75. The van der Waals surface area contributed by atoms with Crippen LogP contribution in [0.4, 0.5) is 0 Å². The Bertz CT molecular complexity index is 300. The third-order valence-electron chi connectivity index (χ3n) is 2.23. The fraction of sp³-hybridized carbons (Fsp3) is 0.417. The first-order valence-electron chi connectivity index (χ1n) is 5.11. The van der Waals surface area contributed by atoms with E-state index in [1.807, 2.05) is 6.07 Å². The quantitative estimate of drug-likeness (QED) is 0.752. The molecule has 1 aromatic carbocycles. The van der Waals surface area contributed by atoms with E-state index in [4.69, 9.17) is 5.73 Å². The van der Waals surface area contributed by atoms with Gasteiger partial charge in [0, 0.05) is 12.2 Å². The number of benzene rings is 1. The van der Waals surface area contributed by atoms with Gasteiger partial charge >= 0.3 is 0 Å². The number of rotatable bonds is 6. The Balaban J connectivity index is 2.25. The zero-order chi connectivity index (χ0) is 11.1. The molecular formula is C12H17NOS. The van der Waals surface area contributed by atoms with Gasteiger partial charge in [0.25, 0.3) is 0 Å². The molecule has 0 heterocycles. The number of hydrogen-bond donors (Lipinski definition) is 1. The van der Waals surface area contributed by atoms with E-state index < -0.39 is 0 Å². The Morgan fingerprint density at radius 3 is 2.67 bits per heavy atom. The van der Waals surface area contributed by atoms with Crippen molar-refractivity contribution in [2.45, 2.75) is 19.3 Å². The van der Waals surface area contributed by atoms with Gasteiger partial charge in [-0.1, -0.05) is 37.3 Å². The van der Waals surface area contributed by atoms with Crippen LogP contribution in [0.15, 0.2) is 30.3 Å². The van der Waals surface area contributed by atoms with E-state index in [0.29, 0.717) is 12.3 Å². The molecule has 1 amide bonds. The van der Waals surface area contributed by atoms with E-state index >= 15 is 0 Å². The van der Waals surface area contributed by atoms with Crippen LogP contribution in [0.5, 0.6) is 0 Å². The molecule has 1 rings (SSSR count). The van der Waals surface area contributed by atoms with Gasteiger partial charge in [-0.05, 0) is 17.2 Å². The highest BCUT2D eigenvalue weighted by Crippen LogP contribution is 2.20. The smallest absolute Gasteiger partial charge is 0.218 e. The number of primary amides is 1.